The summed E-state index contributed by atoms with van der Waals surface area (Å²) < 4.78 is 0. The van der Waals surface area contributed by atoms with Crippen molar-refractivity contribution in [2.75, 3.05) is 0 Å². The van der Waals surface area contributed by atoms with Crippen molar-refractivity contribution in [2.24, 2.45) is 0 Å². The van der Waals surface area contributed by atoms with Crippen molar-refractivity contribution in [1.29, 1.82) is 0 Å². The molecule has 46 valence electrons. The maximum atomic E-state index is 0. The second kappa shape index (κ2) is 32.4. The molecule has 0 spiro atoms. The van der Waals surface area contributed by atoms with E-state index in [0.717, 1.165) is 0 Å². The normalized spacial score (nSPS) is 0. The number of hydrogen-bond acceptors (Lipinski definition) is 0. The molecule has 0 bridgehead atoms. The quantitative estimate of drug-likeness (QED) is 0.414. The molecule has 0 aliphatic heterocycles. The maximum Gasteiger partial charge on any atom is 0 e. The summed E-state index contributed by atoms with van der Waals surface area (Å²) in [4.78, 5) is 0. The van der Waals surface area contributed by atoms with E-state index in [2.05, 4.69) is 0 Å². The Morgan fingerprint density at radius 1 is 0.400 bits per heavy atom. The fourth-order valence-electron chi connectivity index (χ4n) is 0. The summed E-state index contributed by atoms with van der Waals surface area (Å²) in [6, 6.07) is 0. The first-order valence-corrected chi connectivity index (χ1v) is 0. The van der Waals surface area contributed by atoms with Crippen molar-refractivity contribution in [1.82, 2.24) is 0 Å². The monoisotopic (exact) mass is 384 g/mol. The van der Waals surface area contributed by atoms with Crippen LogP contribution < -0.4 is 0 Å². The molecular weight excluding hydrogens is 378 g/mol. The molecule has 0 aromatic heterocycles. The minimum Gasteiger partial charge on any atom is -0.412 e. The molecule has 5 heavy (non-hydrogen) atoms. The molecule has 0 saturated carbocycles. The predicted molar refractivity (Wildman–Crippen MR) is 10.8 cm³/mol. The zero-order valence-electron chi connectivity index (χ0n) is 2.10. The van der Waals surface area contributed by atoms with E-state index in [9.17, 15) is 0 Å². The largest absolute Gasteiger partial charge is 0.412 e. The molecule has 3 nitrogen and oxygen atoms in total. The Morgan fingerprint density at radius 3 is 0.400 bits per heavy atom. The first-order valence-electron chi connectivity index (χ1n) is 0. The fraction of sp³-hybridized carbons (Fsp3) is 0. The van der Waals surface area contributed by atoms with Crippen LogP contribution in [0.3, 0.4) is 0 Å². The van der Waals surface area contributed by atoms with E-state index in [0.29, 0.717) is 0 Å². The van der Waals surface area contributed by atoms with Gasteiger partial charge in [-0.3, -0.25) is 0 Å². The van der Waals surface area contributed by atoms with Crippen molar-refractivity contribution < 1.29 is 91.9 Å². The van der Waals surface area contributed by atoms with Gasteiger partial charge < -0.3 is 16.4 Å². The smallest absolute Gasteiger partial charge is 0 e. The van der Waals surface area contributed by atoms with E-state index < -0.39 is 0 Å². The van der Waals surface area contributed by atoms with Gasteiger partial charge in [0.15, 0.2) is 0 Å². The van der Waals surface area contributed by atoms with Crippen molar-refractivity contribution in [3.05, 3.63) is 0 Å². The Labute approximate surface area is 90.0 Å². The summed E-state index contributed by atoms with van der Waals surface area (Å²) in [7, 11) is 0. The Morgan fingerprint density at radius 2 is 0.400 bits per heavy atom. The molecule has 0 fully saturated rings. The van der Waals surface area contributed by atoms with E-state index in [-0.39, 0.29) is 91.9 Å². The summed E-state index contributed by atoms with van der Waals surface area (Å²) in [5.74, 6) is 0. The van der Waals surface area contributed by atoms with Crippen molar-refractivity contribution in [3.63, 3.8) is 0 Å². The van der Waals surface area contributed by atoms with Gasteiger partial charge in [-0.15, -0.1) is 0 Å². The molecule has 0 aliphatic rings. The van der Waals surface area contributed by atoms with Gasteiger partial charge in [-0.1, -0.05) is 0 Å². The molecule has 0 unspecified atom stereocenters. The molecule has 0 rings (SSSR count). The first-order chi connectivity index (χ1) is 0. The zero-order valence-corrected chi connectivity index (χ0v) is 5.97. The fourth-order valence-corrected chi connectivity index (χ4v) is 0. The molecule has 6 N–H and O–H groups in total. The summed E-state index contributed by atoms with van der Waals surface area (Å²) in [5.41, 5.74) is 0. The van der Waals surface area contributed by atoms with Crippen LogP contribution in [0.4, 0.5) is 0 Å². The van der Waals surface area contributed by atoms with Gasteiger partial charge in [0.2, 0.25) is 0 Å². The molecule has 0 saturated heterocycles. The first kappa shape index (κ1) is 52.6. The number of rotatable bonds is 0. The number of hydrogen-bond donors (Lipinski definition) is 0. The molecule has 0 amide bonds. The molecule has 0 aromatic carbocycles. The third-order valence-electron chi connectivity index (χ3n) is 0. The molecule has 0 aromatic rings. The van der Waals surface area contributed by atoms with E-state index in [1.165, 1.54) is 0 Å². The Balaban J connectivity index is 0. The van der Waals surface area contributed by atoms with Crippen LogP contribution in [-0.2, 0) is 0 Å². The van der Waals surface area contributed by atoms with Crippen LogP contribution >= 0.6 is 0 Å². The van der Waals surface area contributed by atoms with Crippen LogP contribution in [0.15, 0.2) is 0 Å². The van der Waals surface area contributed by atoms with Gasteiger partial charge in [0.1, 0.15) is 0 Å². The van der Waals surface area contributed by atoms with Crippen LogP contribution in [0.25, 0.3) is 0 Å². The van der Waals surface area contributed by atoms with Crippen molar-refractivity contribution in [3.8, 4) is 0 Å². The summed E-state index contributed by atoms with van der Waals surface area (Å²) in [6.45, 7) is 0. The standard InChI is InChI=1S/2Ho.3H2O/h;;3*1H2. The second-order valence-corrected chi connectivity index (χ2v) is 0. The predicted octanol–water partition coefficient (Wildman–Crippen LogP) is -2.47. The van der Waals surface area contributed by atoms with Gasteiger partial charge in [-0.05, 0) is 0 Å². The van der Waals surface area contributed by atoms with Crippen molar-refractivity contribution in [2.45, 2.75) is 0 Å². The minimum absolute atomic E-state index is 0. The molecule has 0 heterocycles. The SMILES string of the molecule is O.O.O.[Ho].[Ho]. The van der Waals surface area contributed by atoms with Gasteiger partial charge in [-0.25, -0.2) is 0 Å². The second-order valence-electron chi connectivity index (χ2n) is 0. The van der Waals surface area contributed by atoms with Gasteiger partial charge in [-0.2, -0.15) is 0 Å². The van der Waals surface area contributed by atoms with E-state index in [1.54, 1.807) is 0 Å². The topological polar surface area (TPSA) is 94.5 Å². The van der Waals surface area contributed by atoms with Crippen LogP contribution in [0.1, 0.15) is 0 Å². The Hall–Kier alpha value is 2.40. The Kier molecular flexibility index (Phi) is 341. The molecular formula is H6Ho2O3. The van der Waals surface area contributed by atoms with E-state index in [4.69, 9.17) is 0 Å². The molecule has 2 radical (unpaired) electrons. The molecule has 0 aliphatic carbocycles. The maximum absolute atomic E-state index is 0. The average Bonchev–Trinajstić information content (AvgIpc) is 0. The minimum atomic E-state index is 0. The third-order valence-corrected chi connectivity index (χ3v) is 0. The van der Waals surface area contributed by atoms with E-state index in [1.807, 2.05) is 0 Å². The van der Waals surface area contributed by atoms with Crippen LogP contribution in [0.2, 0.25) is 0 Å². The van der Waals surface area contributed by atoms with Crippen LogP contribution in [-0.4, -0.2) is 16.4 Å². The van der Waals surface area contributed by atoms with Crippen molar-refractivity contribution >= 4 is 0 Å². The van der Waals surface area contributed by atoms with Gasteiger partial charge >= 0.3 is 0 Å². The Bertz CT molecular complexity index is 4.85. The van der Waals surface area contributed by atoms with Crippen LogP contribution in [0.5, 0.6) is 0 Å². The summed E-state index contributed by atoms with van der Waals surface area (Å²) in [5, 5.41) is 0. The van der Waals surface area contributed by atoms with Gasteiger partial charge in [0.25, 0.3) is 0 Å². The summed E-state index contributed by atoms with van der Waals surface area (Å²) >= 11 is 0. The zero-order chi connectivity index (χ0) is 0. The third kappa shape index (κ3) is 21.5. The van der Waals surface area contributed by atoms with Gasteiger partial charge in [0, 0.05) is 75.5 Å². The average molecular weight is 384 g/mol. The van der Waals surface area contributed by atoms with E-state index >= 15 is 0 Å². The summed E-state index contributed by atoms with van der Waals surface area (Å²) in [6.07, 6.45) is 0. The molecule has 0 atom stereocenters. The van der Waals surface area contributed by atoms with Gasteiger partial charge in [0.05, 0.1) is 0 Å². The van der Waals surface area contributed by atoms with Crippen LogP contribution in [0, 0.1) is 75.5 Å². The molecule has 5 heteroatoms.